The second kappa shape index (κ2) is 8.64. The second-order valence-corrected chi connectivity index (χ2v) is 8.07. The molecular weight excluding hydrogens is 360 g/mol. The summed E-state index contributed by atoms with van der Waals surface area (Å²) in [6, 6.07) is 18.5. The lowest BCUT2D eigenvalue weighted by atomic mass is 9.90. The average Bonchev–Trinajstić information content (AvgIpc) is 3.12. The molecule has 29 heavy (non-hydrogen) atoms. The number of hydrogen-bond acceptors (Lipinski definition) is 2. The van der Waals surface area contributed by atoms with Crippen LogP contribution in [0.2, 0.25) is 0 Å². The molecule has 4 nitrogen and oxygen atoms in total. The molecule has 0 saturated carbocycles. The summed E-state index contributed by atoms with van der Waals surface area (Å²) in [5.74, 6) is 0.935. The first-order valence-corrected chi connectivity index (χ1v) is 10.5. The zero-order chi connectivity index (χ0) is 20.2. The van der Waals surface area contributed by atoms with Crippen molar-refractivity contribution in [3.05, 3.63) is 71.9 Å². The molecule has 1 aromatic heterocycles. The Hall–Kier alpha value is -2.88. The summed E-state index contributed by atoms with van der Waals surface area (Å²) >= 11 is 0. The van der Waals surface area contributed by atoms with Crippen molar-refractivity contribution in [2.45, 2.75) is 39.2 Å². The van der Waals surface area contributed by atoms with Gasteiger partial charge < -0.3 is 9.47 Å². The van der Waals surface area contributed by atoms with E-state index in [1.807, 2.05) is 39.9 Å². The molecule has 1 fully saturated rings. The van der Waals surface area contributed by atoms with E-state index in [1.54, 1.807) is 6.92 Å². The SMILES string of the molecule is CC(=O)c1cn(CCC(=O)N2CCC(Cc3ccccc3)CC2)c2ccccc12. The molecule has 1 amide bonds. The summed E-state index contributed by atoms with van der Waals surface area (Å²) in [5.41, 5.74) is 3.14. The van der Waals surface area contributed by atoms with Crippen molar-refractivity contribution < 1.29 is 9.59 Å². The Bertz CT molecular complexity index is 998. The smallest absolute Gasteiger partial charge is 0.224 e. The fourth-order valence-electron chi connectivity index (χ4n) is 4.42. The number of likely N-dealkylation sites (tertiary alicyclic amines) is 1. The van der Waals surface area contributed by atoms with Crippen molar-refractivity contribution in [1.82, 2.24) is 9.47 Å². The molecule has 0 spiro atoms. The summed E-state index contributed by atoms with van der Waals surface area (Å²) in [6.07, 6.45) is 5.61. The van der Waals surface area contributed by atoms with E-state index in [-0.39, 0.29) is 11.7 Å². The van der Waals surface area contributed by atoms with E-state index in [4.69, 9.17) is 0 Å². The number of nitrogens with zero attached hydrogens (tertiary/aromatic N) is 2. The van der Waals surface area contributed by atoms with Crippen LogP contribution in [-0.2, 0) is 17.8 Å². The molecule has 0 aliphatic carbocycles. The maximum atomic E-state index is 12.8. The van der Waals surface area contributed by atoms with Gasteiger partial charge >= 0.3 is 0 Å². The minimum Gasteiger partial charge on any atom is -0.346 e. The van der Waals surface area contributed by atoms with E-state index in [1.165, 1.54) is 5.56 Å². The topological polar surface area (TPSA) is 42.3 Å². The number of rotatable bonds is 6. The van der Waals surface area contributed by atoms with E-state index in [9.17, 15) is 9.59 Å². The van der Waals surface area contributed by atoms with Gasteiger partial charge in [0.05, 0.1) is 0 Å². The van der Waals surface area contributed by atoms with Crippen molar-refractivity contribution >= 4 is 22.6 Å². The van der Waals surface area contributed by atoms with Gasteiger partial charge in [0.1, 0.15) is 0 Å². The van der Waals surface area contributed by atoms with Crippen LogP contribution in [0, 0.1) is 5.92 Å². The highest BCUT2D eigenvalue weighted by atomic mass is 16.2. The zero-order valence-corrected chi connectivity index (χ0v) is 17.0. The third-order valence-electron chi connectivity index (χ3n) is 6.07. The van der Waals surface area contributed by atoms with Crippen molar-refractivity contribution in [3.8, 4) is 0 Å². The lowest BCUT2D eigenvalue weighted by molar-refractivity contribution is -0.132. The number of Topliss-reactive ketones (excluding diaryl/α,β-unsaturated/α-hetero) is 1. The van der Waals surface area contributed by atoms with Crippen LogP contribution in [0.3, 0.4) is 0 Å². The number of carbonyl (C=O) groups excluding carboxylic acids is 2. The van der Waals surface area contributed by atoms with Gasteiger partial charge in [0.2, 0.25) is 5.91 Å². The molecule has 0 N–H and O–H groups in total. The van der Waals surface area contributed by atoms with E-state index in [0.717, 1.165) is 48.8 Å². The number of carbonyl (C=O) groups is 2. The molecule has 150 valence electrons. The van der Waals surface area contributed by atoms with E-state index >= 15 is 0 Å². The predicted octanol–water partition coefficient (Wildman–Crippen LogP) is 4.72. The highest BCUT2D eigenvalue weighted by Gasteiger charge is 2.23. The normalized spacial score (nSPS) is 15.0. The van der Waals surface area contributed by atoms with E-state index in [0.29, 0.717) is 18.9 Å². The van der Waals surface area contributed by atoms with Crippen molar-refractivity contribution in [1.29, 1.82) is 0 Å². The average molecular weight is 389 g/mol. The van der Waals surface area contributed by atoms with Crippen LogP contribution in [0.5, 0.6) is 0 Å². The summed E-state index contributed by atoms with van der Waals surface area (Å²) in [4.78, 5) is 26.7. The molecule has 0 unspecified atom stereocenters. The third kappa shape index (κ3) is 4.42. The summed E-state index contributed by atoms with van der Waals surface area (Å²) in [6.45, 7) is 3.90. The summed E-state index contributed by atoms with van der Waals surface area (Å²) in [7, 11) is 0. The third-order valence-corrected chi connectivity index (χ3v) is 6.07. The number of hydrogen-bond donors (Lipinski definition) is 0. The first-order valence-electron chi connectivity index (χ1n) is 10.5. The number of para-hydroxylation sites is 1. The monoisotopic (exact) mass is 388 g/mol. The van der Waals surface area contributed by atoms with Gasteiger partial charge in [-0.2, -0.15) is 0 Å². The highest BCUT2D eigenvalue weighted by Crippen LogP contribution is 2.24. The van der Waals surface area contributed by atoms with Crippen LogP contribution < -0.4 is 0 Å². The maximum Gasteiger partial charge on any atom is 0.224 e. The Kier molecular flexibility index (Phi) is 5.79. The molecular formula is C25H28N2O2. The largest absolute Gasteiger partial charge is 0.346 e. The van der Waals surface area contributed by atoms with Gasteiger partial charge in [-0.15, -0.1) is 0 Å². The summed E-state index contributed by atoms with van der Waals surface area (Å²) < 4.78 is 2.05. The first-order chi connectivity index (χ1) is 14.1. The Balaban J connectivity index is 1.33. The van der Waals surface area contributed by atoms with Gasteiger partial charge in [-0.05, 0) is 43.7 Å². The van der Waals surface area contributed by atoms with Crippen molar-refractivity contribution in [2.75, 3.05) is 13.1 Å². The van der Waals surface area contributed by atoms with Gasteiger partial charge in [0.25, 0.3) is 0 Å². The minimum atomic E-state index is 0.0618. The van der Waals surface area contributed by atoms with Gasteiger partial charge in [0, 0.05) is 48.7 Å². The molecule has 0 bridgehead atoms. The lowest BCUT2D eigenvalue weighted by Gasteiger charge is -2.32. The number of piperidine rings is 1. The molecule has 2 aromatic carbocycles. The van der Waals surface area contributed by atoms with Crippen molar-refractivity contribution in [3.63, 3.8) is 0 Å². The predicted molar refractivity (Wildman–Crippen MR) is 116 cm³/mol. The van der Waals surface area contributed by atoms with Crippen LogP contribution in [0.15, 0.2) is 60.8 Å². The fourth-order valence-corrected chi connectivity index (χ4v) is 4.42. The molecule has 0 atom stereocenters. The van der Waals surface area contributed by atoms with Crippen LogP contribution in [0.1, 0.15) is 42.1 Å². The van der Waals surface area contributed by atoms with E-state index in [2.05, 4.69) is 30.3 Å². The quantitative estimate of drug-likeness (QED) is 0.574. The standard InChI is InChI=1S/C25H28N2O2/c1-19(28)23-18-27(24-10-6-5-9-22(23)24)16-13-25(29)26-14-11-21(12-15-26)17-20-7-3-2-4-8-20/h2-10,18,21H,11-17H2,1H3. The summed E-state index contributed by atoms with van der Waals surface area (Å²) in [5, 5.41) is 0.967. The van der Waals surface area contributed by atoms with Gasteiger partial charge in [-0.3, -0.25) is 9.59 Å². The number of fused-ring (bicyclic) bond motifs is 1. The van der Waals surface area contributed by atoms with Crippen LogP contribution in [-0.4, -0.2) is 34.2 Å². The van der Waals surface area contributed by atoms with Gasteiger partial charge in [-0.25, -0.2) is 0 Å². The highest BCUT2D eigenvalue weighted by molar-refractivity contribution is 6.06. The fraction of sp³-hybridized carbons (Fsp3) is 0.360. The Morgan fingerprint density at radius 2 is 1.66 bits per heavy atom. The Morgan fingerprint density at radius 3 is 2.38 bits per heavy atom. The molecule has 1 saturated heterocycles. The van der Waals surface area contributed by atoms with Gasteiger partial charge in [-0.1, -0.05) is 48.5 Å². The minimum absolute atomic E-state index is 0.0618. The Labute approximate surface area is 172 Å². The number of aryl methyl sites for hydroxylation is 1. The molecule has 1 aliphatic heterocycles. The number of amides is 1. The zero-order valence-electron chi connectivity index (χ0n) is 17.0. The Morgan fingerprint density at radius 1 is 0.966 bits per heavy atom. The molecule has 2 heterocycles. The van der Waals surface area contributed by atoms with Crippen LogP contribution in [0.25, 0.3) is 10.9 Å². The van der Waals surface area contributed by atoms with Gasteiger partial charge in [0.15, 0.2) is 5.78 Å². The maximum absolute atomic E-state index is 12.8. The number of ketones is 1. The second-order valence-electron chi connectivity index (χ2n) is 8.07. The van der Waals surface area contributed by atoms with Crippen LogP contribution >= 0.6 is 0 Å². The molecule has 4 rings (SSSR count). The molecule has 4 heteroatoms. The molecule has 3 aromatic rings. The number of benzene rings is 2. The lowest BCUT2D eigenvalue weighted by Crippen LogP contribution is -2.39. The number of aromatic nitrogens is 1. The molecule has 1 aliphatic rings. The molecule has 0 radical (unpaired) electrons. The van der Waals surface area contributed by atoms with Crippen molar-refractivity contribution in [2.24, 2.45) is 5.92 Å². The van der Waals surface area contributed by atoms with Crippen LogP contribution in [0.4, 0.5) is 0 Å². The van der Waals surface area contributed by atoms with E-state index < -0.39 is 0 Å². The first kappa shape index (κ1) is 19.4.